The number of aryl methyl sites for hydroxylation is 2. The van der Waals surface area contributed by atoms with Crippen molar-refractivity contribution in [1.82, 2.24) is 9.88 Å². The number of likely N-dealkylation sites (tertiary alicyclic amines) is 1. The Morgan fingerprint density at radius 2 is 1.82 bits per heavy atom. The zero-order valence-corrected chi connectivity index (χ0v) is 21.7. The smallest absolute Gasteiger partial charge is 0.416 e. The van der Waals surface area contributed by atoms with Crippen molar-refractivity contribution in [2.75, 3.05) is 31.1 Å². The molecule has 1 aromatic rings. The average molecular weight is 472 g/mol. The van der Waals surface area contributed by atoms with Gasteiger partial charge < -0.3 is 9.47 Å². The minimum absolute atomic E-state index is 0.290. The van der Waals surface area contributed by atoms with E-state index in [1.54, 1.807) is 4.90 Å². The Labute approximate surface area is 204 Å². The first kappa shape index (κ1) is 26.2. The molecule has 34 heavy (non-hydrogen) atoms. The summed E-state index contributed by atoms with van der Waals surface area (Å²) in [6.45, 7) is 14.7. The van der Waals surface area contributed by atoms with Crippen LogP contribution in [0.5, 0.6) is 0 Å². The molecule has 1 saturated heterocycles. The Hall–Kier alpha value is -2.41. The number of aromatic nitrogens is 1. The summed E-state index contributed by atoms with van der Waals surface area (Å²) in [6.07, 6.45) is 8.08. The summed E-state index contributed by atoms with van der Waals surface area (Å²) in [5.74, 6) is 1.08. The molecule has 3 heterocycles. The summed E-state index contributed by atoms with van der Waals surface area (Å²) < 4.78 is 10.9. The maximum atomic E-state index is 12.7. The van der Waals surface area contributed by atoms with Gasteiger partial charge in [0.05, 0.1) is 0 Å². The molecule has 2 aliphatic heterocycles. The van der Waals surface area contributed by atoms with Crippen molar-refractivity contribution in [3.05, 3.63) is 35.5 Å². The Balaban J connectivity index is 1.50. The highest BCUT2D eigenvalue weighted by molar-refractivity contribution is 5.88. The van der Waals surface area contributed by atoms with E-state index in [0.717, 1.165) is 68.8 Å². The van der Waals surface area contributed by atoms with Crippen LogP contribution >= 0.6 is 0 Å². The number of nitrogens with zero attached hydrogens (tertiary/aromatic N) is 3. The van der Waals surface area contributed by atoms with Gasteiger partial charge in [-0.15, -0.1) is 0 Å². The van der Waals surface area contributed by atoms with Crippen molar-refractivity contribution in [3.8, 4) is 0 Å². The van der Waals surface area contributed by atoms with Crippen LogP contribution in [-0.4, -0.2) is 59.3 Å². The molecule has 0 spiro atoms. The topological polar surface area (TPSA) is 72.0 Å². The van der Waals surface area contributed by atoms with Gasteiger partial charge in [-0.05, 0) is 97.7 Å². The van der Waals surface area contributed by atoms with E-state index in [0.29, 0.717) is 12.5 Å². The monoisotopic (exact) mass is 471 g/mol. The van der Waals surface area contributed by atoms with Crippen LogP contribution in [0.3, 0.4) is 0 Å². The first-order chi connectivity index (χ1) is 15.9. The van der Waals surface area contributed by atoms with Gasteiger partial charge in [0.25, 0.3) is 0 Å². The average Bonchev–Trinajstić information content (AvgIpc) is 3.16. The number of esters is 1. The van der Waals surface area contributed by atoms with Gasteiger partial charge in [0.2, 0.25) is 0 Å². The van der Waals surface area contributed by atoms with Gasteiger partial charge in [-0.1, -0.05) is 12.1 Å². The van der Waals surface area contributed by atoms with E-state index in [1.165, 1.54) is 6.08 Å². The van der Waals surface area contributed by atoms with Crippen LogP contribution < -0.4 is 4.90 Å². The van der Waals surface area contributed by atoms with Gasteiger partial charge in [0, 0.05) is 31.4 Å². The van der Waals surface area contributed by atoms with Gasteiger partial charge in [0.1, 0.15) is 17.0 Å². The van der Waals surface area contributed by atoms with Crippen LogP contribution in [0.1, 0.15) is 72.1 Å². The summed E-state index contributed by atoms with van der Waals surface area (Å²) in [7, 11) is 0. The van der Waals surface area contributed by atoms with E-state index in [-0.39, 0.29) is 12.1 Å². The molecular weight excluding hydrogens is 430 g/mol. The number of hydrogen-bond donors (Lipinski definition) is 0. The van der Waals surface area contributed by atoms with Crippen molar-refractivity contribution in [3.63, 3.8) is 0 Å². The fourth-order valence-electron chi connectivity index (χ4n) is 4.41. The fraction of sp³-hybridized carbons (Fsp3) is 0.667. The second-order valence-electron chi connectivity index (χ2n) is 11.4. The second kappa shape index (κ2) is 10.9. The molecule has 0 N–H and O–H groups in total. The molecule has 0 saturated carbocycles. The van der Waals surface area contributed by atoms with Crippen molar-refractivity contribution in [1.29, 1.82) is 0 Å². The first-order valence-corrected chi connectivity index (χ1v) is 12.5. The summed E-state index contributed by atoms with van der Waals surface area (Å²) in [5.41, 5.74) is 1.15. The predicted octanol–water partition coefficient (Wildman–Crippen LogP) is 4.92. The van der Waals surface area contributed by atoms with Crippen LogP contribution in [0.25, 0.3) is 0 Å². The lowest BCUT2D eigenvalue weighted by Gasteiger charge is -2.31. The molecule has 0 bridgehead atoms. The minimum atomic E-state index is -0.525. The molecule has 1 aromatic heterocycles. The number of ether oxygens (including phenoxy) is 2. The van der Waals surface area contributed by atoms with Crippen molar-refractivity contribution in [2.24, 2.45) is 5.92 Å². The van der Waals surface area contributed by atoms with Gasteiger partial charge in [-0.2, -0.15) is 0 Å². The van der Waals surface area contributed by atoms with Gasteiger partial charge in [-0.3, -0.25) is 9.80 Å². The van der Waals surface area contributed by atoms with E-state index < -0.39 is 11.2 Å². The molecule has 1 fully saturated rings. The van der Waals surface area contributed by atoms with Crippen LogP contribution in [0.15, 0.2) is 24.3 Å². The quantitative estimate of drug-likeness (QED) is 0.433. The number of rotatable bonds is 6. The molecule has 1 unspecified atom stereocenters. The maximum absolute atomic E-state index is 12.7. The molecule has 3 rings (SSSR count). The zero-order valence-electron chi connectivity index (χ0n) is 21.7. The minimum Gasteiger partial charge on any atom is -0.457 e. The van der Waals surface area contributed by atoms with E-state index >= 15 is 0 Å². The standard InChI is InChI=1S/C27H41N3O4/c1-26(2,3)33-23(31)10-8-16-29-18-15-20(19-29)11-13-22-14-12-21-9-7-17-30(24(21)28-22)25(32)34-27(4,5)6/h8,10,12,14,20H,7,9,11,13,15-19H2,1-6H3. The Kier molecular flexibility index (Phi) is 8.39. The summed E-state index contributed by atoms with van der Waals surface area (Å²) >= 11 is 0. The lowest BCUT2D eigenvalue weighted by atomic mass is 10.00. The number of fused-ring (bicyclic) bond motifs is 1. The van der Waals surface area contributed by atoms with Crippen molar-refractivity contribution in [2.45, 2.75) is 84.8 Å². The van der Waals surface area contributed by atoms with Crippen LogP contribution in [0, 0.1) is 5.92 Å². The number of hydrogen-bond acceptors (Lipinski definition) is 6. The van der Waals surface area contributed by atoms with Gasteiger partial charge in [-0.25, -0.2) is 14.6 Å². The normalized spacial score (nSPS) is 19.4. The third-order valence-electron chi connectivity index (χ3n) is 5.91. The third kappa shape index (κ3) is 8.12. The Morgan fingerprint density at radius 1 is 1.09 bits per heavy atom. The van der Waals surface area contributed by atoms with Crippen LogP contribution in [0.4, 0.5) is 10.6 Å². The molecule has 0 aromatic carbocycles. The molecule has 1 amide bonds. The first-order valence-electron chi connectivity index (χ1n) is 12.5. The largest absolute Gasteiger partial charge is 0.457 e. The number of carbonyl (C=O) groups is 2. The van der Waals surface area contributed by atoms with Crippen molar-refractivity contribution < 1.29 is 19.1 Å². The summed E-state index contributed by atoms with van der Waals surface area (Å²) in [5, 5.41) is 0. The summed E-state index contributed by atoms with van der Waals surface area (Å²) in [6, 6.07) is 4.23. The molecule has 7 nitrogen and oxygen atoms in total. The van der Waals surface area contributed by atoms with Gasteiger partial charge >= 0.3 is 12.1 Å². The molecule has 0 radical (unpaired) electrons. The number of pyridine rings is 1. The molecule has 2 aliphatic rings. The molecule has 0 aliphatic carbocycles. The number of carbonyl (C=O) groups excluding carboxylic acids is 2. The third-order valence-corrected chi connectivity index (χ3v) is 5.91. The Morgan fingerprint density at radius 3 is 2.53 bits per heavy atom. The maximum Gasteiger partial charge on any atom is 0.416 e. The fourth-order valence-corrected chi connectivity index (χ4v) is 4.41. The Bertz CT molecular complexity index is 898. The highest BCUT2D eigenvalue weighted by Gasteiger charge is 2.29. The zero-order chi connectivity index (χ0) is 24.9. The molecular formula is C27H41N3O4. The molecule has 7 heteroatoms. The highest BCUT2D eigenvalue weighted by atomic mass is 16.6. The lowest BCUT2D eigenvalue weighted by molar-refractivity contribution is -0.148. The lowest BCUT2D eigenvalue weighted by Crippen LogP contribution is -2.40. The van der Waals surface area contributed by atoms with Crippen molar-refractivity contribution >= 4 is 17.9 Å². The molecule has 188 valence electrons. The van der Waals surface area contributed by atoms with Gasteiger partial charge in [0.15, 0.2) is 0 Å². The highest BCUT2D eigenvalue weighted by Crippen LogP contribution is 2.28. The summed E-state index contributed by atoms with van der Waals surface area (Å²) in [4.78, 5) is 33.5. The van der Waals surface area contributed by atoms with Crippen LogP contribution in [0.2, 0.25) is 0 Å². The van der Waals surface area contributed by atoms with E-state index in [4.69, 9.17) is 14.5 Å². The number of anilines is 1. The van der Waals surface area contributed by atoms with Crippen LogP contribution in [-0.2, 0) is 27.1 Å². The number of amides is 1. The predicted molar refractivity (Wildman–Crippen MR) is 134 cm³/mol. The van der Waals surface area contributed by atoms with E-state index in [2.05, 4.69) is 17.0 Å². The van der Waals surface area contributed by atoms with E-state index in [9.17, 15) is 9.59 Å². The van der Waals surface area contributed by atoms with E-state index in [1.807, 2.05) is 47.6 Å². The SMILES string of the molecule is CC(C)(C)OC(=O)C=CCN1CCC(CCc2ccc3c(n2)N(C(=O)OC(C)(C)C)CCC3)C1. The molecule has 1 atom stereocenters. The second-order valence-corrected chi connectivity index (χ2v) is 11.4.